The van der Waals surface area contributed by atoms with Crippen LogP contribution in [0.1, 0.15) is 44.4 Å². The van der Waals surface area contributed by atoms with Crippen molar-refractivity contribution < 1.29 is 9.53 Å². The minimum absolute atomic E-state index is 0.0114. The molecule has 4 heteroatoms. The van der Waals surface area contributed by atoms with E-state index in [1.54, 1.807) is 6.20 Å². The van der Waals surface area contributed by atoms with E-state index in [0.717, 1.165) is 22.2 Å². The van der Waals surface area contributed by atoms with Gasteiger partial charge in [0.25, 0.3) is 0 Å². The van der Waals surface area contributed by atoms with Crippen molar-refractivity contribution >= 4 is 16.9 Å². The van der Waals surface area contributed by atoms with Crippen LogP contribution in [-0.4, -0.2) is 11.0 Å². The molecular weight excluding hydrogens is 338 g/mol. The SMILES string of the molecule is CC(=O)OCc1c(C)cccc1-c1c[nH]c2cc(C(C)(C)C)ccc2c1=O. The molecule has 140 valence electrons. The highest BCUT2D eigenvalue weighted by atomic mass is 16.5. The van der Waals surface area contributed by atoms with Gasteiger partial charge in [0.15, 0.2) is 5.43 Å². The maximum absolute atomic E-state index is 13.2. The van der Waals surface area contributed by atoms with E-state index in [2.05, 4.69) is 25.8 Å². The van der Waals surface area contributed by atoms with E-state index >= 15 is 0 Å². The fourth-order valence-electron chi connectivity index (χ4n) is 3.21. The van der Waals surface area contributed by atoms with Crippen LogP contribution >= 0.6 is 0 Å². The largest absolute Gasteiger partial charge is 0.461 e. The molecule has 0 radical (unpaired) electrons. The van der Waals surface area contributed by atoms with Crippen LogP contribution in [0.25, 0.3) is 22.0 Å². The van der Waals surface area contributed by atoms with Crippen LogP contribution < -0.4 is 5.43 Å². The number of benzene rings is 2. The first-order valence-corrected chi connectivity index (χ1v) is 9.06. The Balaban J connectivity index is 2.16. The van der Waals surface area contributed by atoms with E-state index < -0.39 is 0 Å². The number of hydrogen-bond donors (Lipinski definition) is 1. The predicted molar refractivity (Wildman–Crippen MR) is 109 cm³/mol. The molecule has 0 bridgehead atoms. The quantitative estimate of drug-likeness (QED) is 0.676. The highest BCUT2D eigenvalue weighted by Crippen LogP contribution is 2.28. The molecule has 0 saturated carbocycles. The monoisotopic (exact) mass is 363 g/mol. The molecule has 0 aliphatic carbocycles. The van der Waals surface area contributed by atoms with E-state index in [1.165, 1.54) is 12.5 Å². The molecule has 27 heavy (non-hydrogen) atoms. The zero-order valence-corrected chi connectivity index (χ0v) is 16.5. The van der Waals surface area contributed by atoms with Gasteiger partial charge in [-0.1, -0.05) is 45.0 Å². The third kappa shape index (κ3) is 3.80. The van der Waals surface area contributed by atoms with Gasteiger partial charge in [0.05, 0.1) is 0 Å². The Labute approximate surface area is 159 Å². The van der Waals surface area contributed by atoms with Crippen molar-refractivity contribution in [2.75, 3.05) is 0 Å². The van der Waals surface area contributed by atoms with Crippen LogP contribution in [0.3, 0.4) is 0 Å². The number of carbonyl (C=O) groups excluding carboxylic acids is 1. The molecule has 0 atom stereocenters. The second-order valence-corrected chi connectivity index (χ2v) is 7.92. The molecule has 3 aromatic rings. The number of ether oxygens (including phenoxy) is 1. The van der Waals surface area contributed by atoms with E-state index in [1.807, 2.05) is 43.3 Å². The molecule has 1 heterocycles. The van der Waals surface area contributed by atoms with Gasteiger partial charge in [-0.15, -0.1) is 0 Å². The first-order valence-electron chi connectivity index (χ1n) is 9.06. The van der Waals surface area contributed by atoms with Gasteiger partial charge in [-0.2, -0.15) is 0 Å². The van der Waals surface area contributed by atoms with Gasteiger partial charge in [0.1, 0.15) is 6.61 Å². The van der Waals surface area contributed by atoms with Gasteiger partial charge in [0, 0.05) is 35.2 Å². The van der Waals surface area contributed by atoms with Crippen molar-refractivity contribution in [2.45, 2.75) is 46.6 Å². The molecule has 0 aliphatic rings. The van der Waals surface area contributed by atoms with Gasteiger partial charge in [-0.3, -0.25) is 9.59 Å². The van der Waals surface area contributed by atoms with Gasteiger partial charge >= 0.3 is 5.97 Å². The van der Waals surface area contributed by atoms with Crippen molar-refractivity contribution in [3.8, 4) is 11.1 Å². The maximum atomic E-state index is 13.2. The number of H-pyrrole nitrogens is 1. The molecule has 0 fully saturated rings. The van der Waals surface area contributed by atoms with E-state index in [4.69, 9.17) is 4.74 Å². The number of aryl methyl sites for hydroxylation is 1. The predicted octanol–water partition coefficient (Wildman–Crippen LogP) is 4.86. The number of aromatic nitrogens is 1. The van der Waals surface area contributed by atoms with Crippen LogP contribution in [0.15, 0.2) is 47.4 Å². The summed E-state index contributed by atoms with van der Waals surface area (Å²) in [5, 5.41) is 0.653. The summed E-state index contributed by atoms with van der Waals surface area (Å²) in [5.41, 5.74) is 5.18. The van der Waals surface area contributed by atoms with Crippen LogP contribution in [0.2, 0.25) is 0 Å². The Morgan fingerprint density at radius 3 is 2.52 bits per heavy atom. The topological polar surface area (TPSA) is 59.2 Å². The molecule has 0 amide bonds. The van der Waals surface area contributed by atoms with Crippen LogP contribution in [0.4, 0.5) is 0 Å². The number of pyridine rings is 1. The molecule has 0 saturated heterocycles. The minimum Gasteiger partial charge on any atom is -0.461 e. The lowest BCUT2D eigenvalue weighted by molar-refractivity contribution is -0.142. The number of nitrogens with one attached hydrogen (secondary N) is 1. The Bertz CT molecular complexity index is 1070. The molecule has 4 nitrogen and oxygen atoms in total. The van der Waals surface area contributed by atoms with Crippen LogP contribution in [-0.2, 0) is 21.6 Å². The lowest BCUT2D eigenvalue weighted by Crippen LogP contribution is -2.13. The lowest BCUT2D eigenvalue weighted by Gasteiger charge is -2.19. The number of aromatic amines is 1. The first kappa shape index (κ1) is 18.9. The standard InChI is InChI=1S/C23H25NO3/c1-14-7-6-8-17(20(14)13-27-15(2)25)19-12-24-21-11-16(23(3,4)5)9-10-18(21)22(19)26/h6-12H,13H2,1-5H3,(H,24,26). The smallest absolute Gasteiger partial charge is 0.302 e. The van der Waals surface area contributed by atoms with Gasteiger partial charge in [0.2, 0.25) is 0 Å². The Kier molecular flexibility index (Phi) is 4.92. The van der Waals surface area contributed by atoms with E-state index in [0.29, 0.717) is 10.9 Å². The molecule has 0 unspecified atom stereocenters. The zero-order chi connectivity index (χ0) is 19.8. The number of rotatable bonds is 3. The minimum atomic E-state index is -0.341. The summed E-state index contributed by atoms with van der Waals surface area (Å²) in [6.07, 6.45) is 1.75. The highest BCUT2D eigenvalue weighted by Gasteiger charge is 2.17. The number of hydrogen-bond acceptors (Lipinski definition) is 3. The van der Waals surface area contributed by atoms with E-state index in [-0.39, 0.29) is 23.4 Å². The first-order chi connectivity index (χ1) is 12.7. The second-order valence-electron chi connectivity index (χ2n) is 7.92. The number of carbonyl (C=O) groups is 1. The number of esters is 1. The summed E-state index contributed by atoms with van der Waals surface area (Å²) in [4.78, 5) is 27.7. The van der Waals surface area contributed by atoms with Crippen molar-refractivity contribution in [1.82, 2.24) is 4.98 Å². The normalized spacial score (nSPS) is 11.6. The number of fused-ring (bicyclic) bond motifs is 1. The summed E-state index contributed by atoms with van der Waals surface area (Å²) in [6, 6.07) is 11.7. The van der Waals surface area contributed by atoms with Crippen molar-refractivity contribution in [2.24, 2.45) is 0 Å². The summed E-state index contributed by atoms with van der Waals surface area (Å²) in [6.45, 7) is 9.93. The highest BCUT2D eigenvalue weighted by molar-refractivity contribution is 5.85. The van der Waals surface area contributed by atoms with Gasteiger partial charge < -0.3 is 9.72 Å². The molecule has 3 rings (SSSR count). The fraction of sp³-hybridized carbons (Fsp3) is 0.304. The molecule has 1 N–H and O–H groups in total. The average Bonchev–Trinajstić information content (AvgIpc) is 2.60. The van der Waals surface area contributed by atoms with Crippen molar-refractivity contribution in [3.63, 3.8) is 0 Å². The average molecular weight is 363 g/mol. The second kappa shape index (κ2) is 7.03. The molecule has 1 aromatic heterocycles. The van der Waals surface area contributed by atoms with Gasteiger partial charge in [-0.25, -0.2) is 0 Å². The zero-order valence-electron chi connectivity index (χ0n) is 16.5. The summed E-state index contributed by atoms with van der Waals surface area (Å²) < 4.78 is 5.20. The third-order valence-corrected chi connectivity index (χ3v) is 4.87. The fourth-order valence-corrected chi connectivity index (χ4v) is 3.21. The Morgan fingerprint density at radius 2 is 1.85 bits per heavy atom. The lowest BCUT2D eigenvalue weighted by atomic mass is 9.86. The molecule has 2 aromatic carbocycles. The molecular formula is C23H25NO3. The summed E-state index contributed by atoms with van der Waals surface area (Å²) in [5.74, 6) is -0.341. The van der Waals surface area contributed by atoms with E-state index in [9.17, 15) is 9.59 Å². The Morgan fingerprint density at radius 1 is 1.11 bits per heavy atom. The van der Waals surface area contributed by atoms with Crippen LogP contribution in [0.5, 0.6) is 0 Å². The summed E-state index contributed by atoms with van der Waals surface area (Å²) in [7, 11) is 0. The molecule has 0 aliphatic heterocycles. The van der Waals surface area contributed by atoms with Crippen molar-refractivity contribution in [3.05, 3.63) is 69.5 Å². The Hall–Kier alpha value is -2.88. The third-order valence-electron chi connectivity index (χ3n) is 4.87. The van der Waals surface area contributed by atoms with Gasteiger partial charge in [-0.05, 0) is 41.2 Å². The summed E-state index contributed by atoms with van der Waals surface area (Å²) >= 11 is 0. The van der Waals surface area contributed by atoms with Crippen molar-refractivity contribution in [1.29, 1.82) is 0 Å². The maximum Gasteiger partial charge on any atom is 0.302 e. The molecule has 0 spiro atoms. The van der Waals surface area contributed by atoms with Crippen LogP contribution in [0, 0.1) is 6.92 Å².